The Labute approximate surface area is 478 Å². The van der Waals surface area contributed by atoms with E-state index in [1.807, 2.05) is 0 Å². The molecule has 11 aromatic carbocycles. The first kappa shape index (κ1) is 50.3. The van der Waals surface area contributed by atoms with Crippen molar-refractivity contribution in [3.8, 4) is 61.3 Å². The second kappa shape index (κ2) is 18.8. The van der Waals surface area contributed by atoms with Gasteiger partial charge < -0.3 is 9.47 Å². The second-order valence-corrected chi connectivity index (χ2v) is 25.2. The molecule has 2 heteroatoms. The Hall–Kier alpha value is -8.98. The molecule has 1 heterocycles. The first-order valence-corrected chi connectivity index (χ1v) is 29.0. The third-order valence-corrected chi connectivity index (χ3v) is 19.3. The Morgan fingerprint density at radius 3 is 1.38 bits per heavy atom. The molecular formula is C79H68N2. The summed E-state index contributed by atoms with van der Waals surface area (Å²) in [5.41, 5.74) is 25.6. The van der Waals surface area contributed by atoms with Crippen molar-refractivity contribution < 1.29 is 0 Å². The molecule has 0 N–H and O–H groups in total. The molecule has 14 rings (SSSR count). The lowest BCUT2D eigenvalue weighted by Gasteiger charge is -2.52. The van der Waals surface area contributed by atoms with Gasteiger partial charge in [-0.15, -0.1) is 0 Å². The molecule has 1 spiro atoms. The molecule has 81 heavy (non-hydrogen) atoms. The summed E-state index contributed by atoms with van der Waals surface area (Å²) in [6.07, 6.45) is 0. The summed E-state index contributed by atoms with van der Waals surface area (Å²) in [5, 5.41) is 2.49. The Morgan fingerprint density at radius 1 is 0.346 bits per heavy atom. The number of aromatic nitrogens is 1. The van der Waals surface area contributed by atoms with Crippen molar-refractivity contribution in [2.45, 2.75) is 66.2 Å². The number of benzene rings is 11. The molecule has 0 bridgehead atoms. The average Bonchev–Trinajstić information content (AvgIpc) is 2.74. The Morgan fingerprint density at radius 2 is 0.778 bits per heavy atom. The minimum absolute atomic E-state index is 0.0380. The lowest BCUT2D eigenvalue weighted by atomic mass is 9.53. The van der Waals surface area contributed by atoms with Crippen molar-refractivity contribution in [2.75, 3.05) is 4.90 Å². The van der Waals surface area contributed by atoms with E-state index in [0.717, 1.165) is 22.7 Å². The zero-order valence-corrected chi connectivity index (χ0v) is 47.8. The highest BCUT2D eigenvalue weighted by Crippen LogP contribution is 2.64. The maximum absolute atomic E-state index is 2.53. The molecule has 0 radical (unpaired) electrons. The molecule has 0 saturated carbocycles. The highest BCUT2D eigenvalue weighted by molar-refractivity contribution is 6.10. The van der Waals surface area contributed by atoms with Crippen LogP contribution in [0.15, 0.2) is 261 Å². The van der Waals surface area contributed by atoms with Crippen molar-refractivity contribution in [2.24, 2.45) is 16.7 Å². The zero-order valence-electron chi connectivity index (χ0n) is 47.8. The predicted molar refractivity (Wildman–Crippen MR) is 343 cm³/mol. The van der Waals surface area contributed by atoms with Gasteiger partial charge in [0.05, 0.1) is 16.4 Å². The van der Waals surface area contributed by atoms with E-state index in [1.165, 1.54) is 105 Å². The fraction of sp³-hybridized carbons (Fsp3) is 0.165. The third kappa shape index (κ3) is 7.82. The lowest BCUT2D eigenvalue weighted by Crippen LogP contribution is -2.47. The number of anilines is 3. The molecule has 2 aliphatic carbocycles. The van der Waals surface area contributed by atoms with Crippen LogP contribution in [0.1, 0.15) is 83.2 Å². The molecule has 2 aliphatic rings. The van der Waals surface area contributed by atoms with Crippen LogP contribution in [0, 0.1) is 16.7 Å². The first-order chi connectivity index (χ1) is 39.2. The van der Waals surface area contributed by atoms with Crippen molar-refractivity contribution in [1.29, 1.82) is 0 Å². The van der Waals surface area contributed by atoms with Gasteiger partial charge >= 0.3 is 0 Å². The number of hydrogen-bond donors (Lipinski definition) is 0. The van der Waals surface area contributed by atoms with Gasteiger partial charge in [0, 0.05) is 38.9 Å². The summed E-state index contributed by atoms with van der Waals surface area (Å²) in [5.74, 6) is 0.451. The standard InChI is InChI=1S/C79H68N2/c1-52(76(2,3)4)78(8,77(5,6)7)59-39-31-55(32-40-59)58-37-46-66-64-25-15-18-28-70(64)79(72(66)50-58)71-29-19-16-26-65(71)67-47-45-63(51-73(67)79)80(61-41-33-54(34-42-61)53-21-11-9-12-22-53)62-43-35-56(36-44-62)57-38-48-75-69(49-57)68-27-17-20-30-74(68)81(75)60-23-13-10-14-24-60/h9-52H,1-8H3. The number of hydrogen-bond acceptors (Lipinski definition) is 1. The van der Waals surface area contributed by atoms with Gasteiger partial charge in [-0.2, -0.15) is 0 Å². The number of para-hydroxylation sites is 2. The monoisotopic (exact) mass is 1040 g/mol. The number of nitrogens with zero attached hydrogens (tertiary/aromatic N) is 2. The van der Waals surface area contributed by atoms with Crippen LogP contribution in [0.5, 0.6) is 0 Å². The minimum Gasteiger partial charge on any atom is -0.310 e. The molecule has 394 valence electrons. The fourth-order valence-corrected chi connectivity index (χ4v) is 14.3. The van der Waals surface area contributed by atoms with Crippen LogP contribution in [-0.4, -0.2) is 4.57 Å². The maximum Gasteiger partial charge on any atom is 0.0726 e. The summed E-state index contributed by atoms with van der Waals surface area (Å²) < 4.78 is 2.38. The summed E-state index contributed by atoms with van der Waals surface area (Å²) in [6, 6.07) is 97.9. The molecule has 12 aromatic rings. The third-order valence-electron chi connectivity index (χ3n) is 19.3. The zero-order chi connectivity index (χ0) is 55.4. The molecule has 3 unspecified atom stereocenters. The summed E-state index contributed by atoms with van der Waals surface area (Å²) in [4.78, 5) is 2.46. The highest BCUT2D eigenvalue weighted by atomic mass is 15.1. The van der Waals surface area contributed by atoms with Crippen molar-refractivity contribution in [3.63, 3.8) is 0 Å². The van der Waals surface area contributed by atoms with Gasteiger partial charge in [-0.05, 0) is 173 Å². The maximum atomic E-state index is 2.53. The van der Waals surface area contributed by atoms with Gasteiger partial charge in [0.15, 0.2) is 0 Å². The molecule has 3 atom stereocenters. The van der Waals surface area contributed by atoms with E-state index in [1.54, 1.807) is 0 Å². The molecule has 1 aromatic heterocycles. The second-order valence-electron chi connectivity index (χ2n) is 25.2. The van der Waals surface area contributed by atoms with E-state index < -0.39 is 5.41 Å². The summed E-state index contributed by atoms with van der Waals surface area (Å²) in [7, 11) is 0. The minimum atomic E-state index is -0.550. The summed E-state index contributed by atoms with van der Waals surface area (Å²) in [6.45, 7) is 19.3. The molecular weight excluding hydrogens is 977 g/mol. The van der Waals surface area contributed by atoms with Crippen LogP contribution in [0.25, 0.3) is 83.1 Å². The number of fused-ring (bicyclic) bond motifs is 13. The Balaban J connectivity index is 0.910. The van der Waals surface area contributed by atoms with Crippen LogP contribution in [0.3, 0.4) is 0 Å². The lowest BCUT2D eigenvalue weighted by molar-refractivity contribution is 0.0579. The van der Waals surface area contributed by atoms with Gasteiger partial charge in [-0.3, -0.25) is 0 Å². The van der Waals surface area contributed by atoms with Gasteiger partial charge in [0.2, 0.25) is 0 Å². The van der Waals surface area contributed by atoms with Crippen LogP contribution in [-0.2, 0) is 10.8 Å². The molecule has 0 saturated heterocycles. The quantitative estimate of drug-likeness (QED) is 0.140. The number of rotatable bonds is 9. The van der Waals surface area contributed by atoms with Gasteiger partial charge in [0.1, 0.15) is 0 Å². The topological polar surface area (TPSA) is 8.17 Å². The highest BCUT2D eigenvalue weighted by Gasteiger charge is 2.52. The largest absolute Gasteiger partial charge is 0.310 e. The van der Waals surface area contributed by atoms with Crippen LogP contribution >= 0.6 is 0 Å². The van der Waals surface area contributed by atoms with Gasteiger partial charge in [-0.25, -0.2) is 0 Å². The van der Waals surface area contributed by atoms with Gasteiger partial charge in [-0.1, -0.05) is 243 Å². The Bertz CT molecular complexity index is 4350. The van der Waals surface area contributed by atoms with E-state index in [-0.39, 0.29) is 16.2 Å². The van der Waals surface area contributed by atoms with E-state index in [9.17, 15) is 0 Å². The Kier molecular flexibility index (Phi) is 11.7. The molecule has 0 aliphatic heterocycles. The average molecular weight is 1050 g/mol. The van der Waals surface area contributed by atoms with Crippen molar-refractivity contribution in [1.82, 2.24) is 4.57 Å². The molecule has 0 fully saturated rings. The van der Waals surface area contributed by atoms with Crippen molar-refractivity contribution in [3.05, 3.63) is 289 Å². The normalized spacial score (nSPS) is 15.5. The summed E-state index contributed by atoms with van der Waals surface area (Å²) >= 11 is 0. The van der Waals surface area contributed by atoms with Crippen LogP contribution < -0.4 is 4.90 Å². The molecule has 2 nitrogen and oxygen atoms in total. The van der Waals surface area contributed by atoms with E-state index in [2.05, 4.69) is 326 Å². The SMILES string of the molecule is CC(C(C)(C)C)C(C)(c1ccc(-c2ccc3c(c2)C2(c4ccccc4-3)c3ccccc3-c3ccc(N(c4ccc(-c5ccccc5)cc4)c4ccc(-c5ccc6c(c5)c5ccccc5n6-c5ccccc5)cc4)cc32)cc1)C(C)(C)C. The predicted octanol–water partition coefficient (Wildman–Crippen LogP) is 21.6. The molecule has 0 amide bonds. The fourth-order valence-electron chi connectivity index (χ4n) is 14.3. The first-order valence-electron chi connectivity index (χ1n) is 29.0. The van der Waals surface area contributed by atoms with Crippen LogP contribution in [0.2, 0.25) is 0 Å². The van der Waals surface area contributed by atoms with Crippen LogP contribution in [0.4, 0.5) is 17.1 Å². The van der Waals surface area contributed by atoms with Crippen molar-refractivity contribution >= 4 is 38.9 Å². The van der Waals surface area contributed by atoms with Gasteiger partial charge in [0.25, 0.3) is 0 Å². The smallest absolute Gasteiger partial charge is 0.0726 e. The van der Waals surface area contributed by atoms with E-state index in [0.29, 0.717) is 5.92 Å². The van der Waals surface area contributed by atoms with E-state index in [4.69, 9.17) is 0 Å². The van der Waals surface area contributed by atoms with E-state index >= 15 is 0 Å².